The molecule has 2 rings (SSSR count). The predicted molar refractivity (Wildman–Crippen MR) is 99.2 cm³/mol. The highest BCUT2D eigenvalue weighted by atomic mass is 16.6. The standard InChI is InChI=1S/C18H25N4O4/c1-13-9-17(23)19(3)18(24)20(13)14(2)11-22(4,5)12-15-7-6-8-16(10-15)21(25)26/h6-10,14H,11-12H2,1-5H3/q+1. The maximum Gasteiger partial charge on any atom is 0.331 e. The van der Waals surface area contributed by atoms with Gasteiger partial charge in [0.1, 0.15) is 6.54 Å². The summed E-state index contributed by atoms with van der Waals surface area (Å²) in [5.74, 6) is 0. The van der Waals surface area contributed by atoms with E-state index in [0.29, 0.717) is 23.3 Å². The molecular weight excluding hydrogens is 336 g/mol. The van der Waals surface area contributed by atoms with Gasteiger partial charge in [0.15, 0.2) is 0 Å². The van der Waals surface area contributed by atoms with Crippen molar-refractivity contribution in [2.24, 2.45) is 7.05 Å². The Kier molecular flexibility index (Phi) is 5.46. The second-order valence-corrected chi connectivity index (χ2v) is 7.39. The maximum absolute atomic E-state index is 12.5. The summed E-state index contributed by atoms with van der Waals surface area (Å²) >= 11 is 0. The van der Waals surface area contributed by atoms with E-state index >= 15 is 0 Å². The fourth-order valence-electron chi connectivity index (χ4n) is 3.41. The molecule has 0 saturated carbocycles. The van der Waals surface area contributed by atoms with Gasteiger partial charge in [0, 0.05) is 36.5 Å². The molecule has 8 nitrogen and oxygen atoms in total. The largest absolute Gasteiger partial charge is 0.331 e. The molecule has 0 aliphatic carbocycles. The van der Waals surface area contributed by atoms with Gasteiger partial charge in [-0.15, -0.1) is 0 Å². The van der Waals surface area contributed by atoms with Crippen LogP contribution in [0.2, 0.25) is 0 Å². The summed E-state index contributed by atoms with van der Waals surface area (Å²) in [7, 11) is 5.49. The van der Waals surface area contributed by atoms with Crippen LogP contribution in [0.3, 0.4) is 0 Å². The van der Waals surface area contributed by atoms with Crippen LogP contribution in [0, 0.1) is 17.0 Å². The number of likely N-dealkylation sites (N-methyl/N-ethyl adjacent to an activating group) is 1. The van der Waals surface area contributed by atoms with E-state index in [-0.39, 0.29) is 23.0 Å². The Morgan fingerprint density at radius 3 is 2.50 bits per heavy atom. The molecule has 0 spiro atoms. The van der Waals surface area contributed by atoms with E-state index in [1.807, 2.05) is 27.1 Å². The molecule has 140 valence electrons. The predicted octanol–water partition coefficient (Wildman–Crippen LogP) is 1.60. The Morgan fingerprint density at radius 2 is 1.88 bits per heavy atom. The van der Waals surface area contributed by atoms with E-state index in [9.17, 15) is 19.7 Å². The lowest BCUT2D eigenvalue weighted by atomic mass is 10.1. The number of non-ortho nitro benzene ring substituents is 1. The van der Waals surface area contributed by atoms with E-state index in [0.717, 1.165) is 10.1 Å². The monoisotopic (exact) mass is 361 g/mol. The summed E-state index contributed by atoms with van der Waals surface area (Å²) in [5.41, 5.74) is 0.904. The highest BCUT2D eigenvalue weighted by Gasteiger charge is 2.24. The summed E-state index contributed by atoms with van der Waals surface area (Å²) in [4.78, 5) is 34.7. The maximum atomic E-state index is 12.5. The zero-order chi connectivity index (χ0) is 19.6. The van der Waals surface area contributed by atoms with Crippen LogP contribution >= 0.6 is 0 Å². The molecular formula is C18H25N4O4+. The summed E-state index contributed by atoms with van der Waals surface area (Å²) in [5, 5.41) is 11.0. The number of aryl methyl sites for hydroxylation is 1. The van der Waals surface area contributed by atoms with E-state index in [4.69, 9.17) is 0 Å². The van der Waals surface area contributed by atoms with Gasteiger partial charge in [-0.3, -0.25) is 24.0 Å². The number of nitrogens with zero attached hydrogens (tertiary/aromatic N) is 4. The SMILES string of the molecule is Cc1cc(=O)n(C)c(=O)n1C(C)C[N+](C)(C)Cc1cccc([N+](=O)[O-])c1. The molecule has 2 aromatic rings. The molecule has 0 aliphatic rings. The van der Waals surface area contributed by atoms with Crippen molar-refractivity contribution < 1.29 is 9.41 Å². The first-order valence-electron chi connectivity index (χ1n) is 8.36. The second kappa shape index (κ2) is 7.25. The van der Waals surface area contributed by atoms with Gasteiger partial charge >= 0.3 is 5.69 Å². The Hall–Kier alpha value is -2.74. The van der Waals surface area contributed by atoms with E-state index < -0.39 is 4.92 Å². The highest BCUT2D eigenvalue weighted by Crippen LogP contribution is 2.19. The van der Waals surface area contributed by atoms with Crippen LogP contribution in [0.5, 0.6) is 0 Å². The molecule has 1 heterocycles. The fraction of sp³-hybridized carbons (Fsp3) is 0.444. The Bertz CT molecular complexity index is 943. The van der Waals surface area contributed by atoms with Gasteiger partial charge in [0.05, 0.1) is 31.6 Å². The van der Waals surface area contributed by atoms with Crippen LogP contribution in [0.4, 0.5) is 5.69 Å². The Balaban J connectivity index is 2.25. The van der Waals surface area contributed by atoms with Crippen molar-refractivity contribution in [1.29, 1.82) is 0 Å². The normalized spacial score (nSPS) is 12.8. The summed E-state index contributed by atoms with van der Waals surface area (Å²) in [6.45, 7) is 4.90. The number of hydrogen-bond acceptors (Lipinski definition) is 4. The van der Waals surface area contributed by atoms with Gasteiger partial charge in [-0.25, -0.2) is 4.79 Å². The van der Waals surface area contributed by atoms with Gasteiger partial charge in [-0.05, 0) is 13.8 Å². The number of hydrogen-bond donors (Lipinski definition) is 0. The topological polar surface area (TPSA) is 87.1 Å². The molecule has 0 saturated heterocycles. The third-order valence-corrected chi connectivity index (χ3v) is 4.47. The van der Waals surface area contributed by atoms with E-state index in [2.05, 4.69) is 0 Å². The first kappa shape index (κ1) is 19.6. The average Bonchev–Trinajstić information content (AvgIpc) is 2.51. The molecule has 0 fully saturated rings. The van der Waals surface area contributed by atoms with Crippen molar-refractivity contribution in [2.45, 2.75) is 26.4 Å². The Morgan fingerprint density at radius 1 is 1.23 bits per heavy atom. The summed E-state index contributed by atoms with van der Waals surface area (Å²) in [6, 6.07) is 7.91. The highest BCUT2D eigenvalue weighted by molar-refractivity contribution is 5.33. The molecule has 1 aromatic heterocycles. The first-order valence-corrected chi connectivity index (χ1v) is 8.36. The van der Waals surface area contributed by atoms with E-state index in [1.165, 1.54) is 19.2 Å². The van der Waals surface area contributed by atoms with Crippen molar-refractivity contribution >= 4 is 5.69 Å². The quantitative estimate of drug-likeness (QED) is 0.444. The molecule has 1 unspecified atom stereocenters. The zero-order valence-electron chi connectivity index (χ0n) is 15.8. The van der Waals surface area contributed by atoms with Crippen molar-refractivity contribution in [3.8, 4) is 0 Å². The lowest BCUT2D eigenvalue weighted by Gasteiger charge is -2.33. The van der Waals surface area contributed by atoms with Crippen LogP contribution in [-0.2, 0) is 13.6 Å². The Labute approximate surface area is 151 Å². The van der Waals surface area contributed by atoms with Crippen LogP contribution in [-0.4, -0.2) is 39.2 Å². The summed E-state index contributed by atoms with van der Waals surface area (Å²) in [6.07, 6.45) is 0. The number of quaternary nitrogens is 1. The van der Waals surface area contributed by atoms with E-state index in [1.54, 1.807) is 23.6 Å². The second-order valence-electron chi connectivity index (χ2n) is 7.39. The molecule has 26 heavy (non-hydrogen) atoms. The van der Waals surface area contributed by atoms with Gasteiger partial charge in [-0.2, -0.15) is 0 Å². The molecule has 0 amide bonds. The average molecular weight is 361 g/mol. The number of nitro benzene ring substituents is 1. The lowest BCUT2D eigenvalue weighted by molar-refractivity contribution is -0.905. The minimum atomic E-state index is -0.403. The minimum absolute atomic E-state index is 0.0701. The van der Waals surface area contributed by atoms with Gasteiger partial charge < -0.3 is 4.48 Å². The number of nitro groups is 1. The van der Waals surface area contributed by atoms with Crippen molar-refractivity contribution in [2.75, 3.05) is 20.6 Å². The van der Waals surface area contributed by atoms with Gasteiger partial charge in [-0.1, -0.05) is 12.1 Å². The lowest BCUT2D eigenvalue weighted by Crippen LogP contribution is -2.47. The van der Waals surface area contributed by atoms with Crippen molar-refractivity contribution in [1.82, 2.24) is 9.13 Å². The molecule has 1 aromatic carbocycles. The third kappa shape index (κ3) is 4.26. The third-order valence-electron chi connectivity index (χ3n) is 4.47. The van der Waals surface area contributed by atoms with Crippen molar-refractivity contribution in [3.63, 3.8) is 0 Å². The smallest absolute Gasteiger partial charge is 0.323 e. The molecule has 0 aliphatic heterocycles. The van der Waals surface area contributed by atoms with Gasteiger partial charge in [0.25, 0.3) is 11.2 Å². The molecule has 0 N–H and O–H groups in total. The molecule has 0 radical (unpaired) electrons. The summed E-state index contributed by atoms with van der Waals surface area (Å²) < 4.78 is 3.26. The van der Waals surface area contributed by atoms with Crippen LogP contribution in [0.25, 0.3) is 0 Å². The van der Waals surface area contributed by atoms with Crippen LogP contribution in [0.1, 0.15) is 24.2 Å². The fourth-order valence-corrected chi connectivity index (χ4v) is 3.41. The molecule has 1 atom stereocenters. The molecule has 8 heteroatoms. The van der Waals surface area contributed by atoms with Crippen LogP contribution < -0.4 is 11.2 Å². The zero-order valence-corrected chi connectivity index (χ0v) is 15.8. The number of benzene rings is 1. The van der Waals surface area contributed by atoms with Crippen molar-refractivity contribution in [3.05, 3.63) is 72.5 Å². The number of aromatic nitrogens is 2. The molecule has 0 bridgehead atoms. The number of rotatable bonds is 6. The minimum Gasteiger partial charge on any atom is -0.323 e. The van der Waals surface area contributed by atoms with Gasteiger partial charge in [0.2, 0.25) is 0 Å². The van der Waals surface area contributed by atoms with Crippen LogP contribution in [0.15, 0.2) is 39.9 Å². The first-order chi connectivity index (χ1) is 12.0.